The highest BCUT2D eigenvalue weighted by molar-refractivity contribution is 9.10. The Bertz CT molecular complexity index is 646. The number of nitrogens with one attached hydrogen (secondary N) is 1. The summed E-state index contributed by atoms with van der Waals surface area (Å²) in [5.41, 5.74) is 4.43. The van der Waals surface area contributed by atoms with Gasteiger partial charge in [-0.25, -0.2) is 10.8 Å². The molecule has 0 bridgehead atoms. The van der Waals surface area contributed by atoms with Crippen molar-refractivity contribution in [2.24, 2.45) is 5.84 Å². The Morgan fingerprint density at radius 1 is 1.29 bits per heavy atom. The van der Waals surface area contributed by atoms with Crippen molar-refractivity contribution in [3.05, 3.63) is 39.6 Å². The van der Waals surface area contributed by atoms with E-state index in [1.165, 1.54) is 0 Å². The third-order valence-corrected chi connectivity index (χ3v) is 3.59. The molecule has 0 aliphatic carbocycles. The number of nitrogens with zero attached hydrogens (tertiary/aromatic N) is 2. The first-order chi connectivity index (χ1) is 10.0. The van der Waals surface area contributed by atoms with Crippen molar-refractivity contribution in [2.45, 2.75) is 33.6 Å². The third kappa shape index (κ3) is 3.71. The molecule has 2 rings (SSSR count). The predicted molar refractivity (Wildman–Crippen MR) is 87.5 cm³/mol. The van der Waals surface area contributed by atoms with E-state index in [2.05, 4.69) is 38.2 Å². The fourth-order valence-electron chi connectivity index (χ4n) is 1.95. The first-order valence-corrected chi connectivity index (χ1v) is 7.62. The molecule has 0 saturated carbocycles. The van der Waals surface area contributed by atoms with E-state index in [0.29, 0.717) is 11.7 Å². The van der Waals surface area contributed by atoms with Crippen LogP contribution in [0, 0.1) is 13.8 Å². The van der Waals surface area contributed by atoms with Crippen molar-refractivity contribution in [3.63, 3.8) is 0 Å². The highest BCUT2D eigenvalue weighted by atomic mass is 79.9. The van der Waals surface area contributed by atoms with Crippen molar-refractivity contribution in [3.8, 4) is 11.6 Å². The molecule has 0 spiro atoms. The Balaban J connectivity index is 2.40. The summed E-state index contributed by atoms with van der Waals surface area (Å²) < 4.78 is 6.97. The van der Waals surface area contributed by atoms with E-state index in [-0.39, 0.29) is 0 Å². The monoisotopic (exact) mass is 350 g/mol. The zero-order chi connectivity index (χ0) is 15.4. The molecule has 1 aromatic heterocycles. The van der Waals surface area contributed by atoms with Crippen molar-refractivity contribution < 1.29 is 4.74 Å². The lowest BCUT2D eigenvalue weighted by Gasteiger charge is -2.14. The van der Waals surface area contributed by atoms with E-state index >= 15 is 0 Å². The molecule has 0 fully saturated rings. The maximum Gasteiger partial charge on any atom is 0.227 e. The van der Waals surface area contributed by atoms with E-state index in [9.17, 15) is 0 Å². The Morgan fingerprint density at radius 3 is 2.67 bits per heavy atom. The number of hydrogen-bond acceptors (Lipinski definition) is 5. The first kappa shape index (κ1) is 15.7. The standard InChI is InChI=1S/C15H19BrN4O/c1-4-5-13-18-14(20-17)10(3)15(19-13)21-12-7-6-11(16)8-9(12)2/h6-8H,4-5,17H2,1-3H3,(H,18,19,20). The van der Waals surface area contributed by atoms with Gasteiger partial charge in [0.2, 0.25) is 5.88 Å². The lowest BCUT2D eigenvalue weighted by atomic mass is 10.2. The predicted octanol–water partition coefficient (Wildman–Crippen LogP) is 3.89. The summed E-state index contributed by atoms with van der Waals surface area (Å²) in [4.78, 5) is 8.87. The zero-order valence-corrected chi connectivity index (χ0v) is 14.0. The highest BCUT2D eigenvalue weighted by Gasteiger charge is 2.13. The first-order valence-electron chi connectivity index (χ1n) is 6.83. The number of aryl methyl sites for hydroxylation is 2. The maximum absolute atomic E-state index is 5.96. The molecule has 112 valence electrons. The minimum Gasteiger partial charge on any atom is -0.438 e. The number of hydrazine groups is 1. The average molecular weight is 351 g/mol. The van der Waals surface area contributed by atoms with Gasteiger partial charge < -0.3 is 10.2 Å². The Hall–Kier alpha value is -1.66. The van der Waals surface area contributed by atoms with Crippen LogP contribution >= 0.6 is 15.9 Å². The molecule has 6 heteroatoms. The minimum absolute atomic E-state index is 0.534. The average Bonchev–Trinajstić information content (AvgIpc) is 2.45. The van der Waals surface area contributed by atoms with Crippen molar-refractivity contribution in [1.29, 1.82) is 0 Å². The van der Waals surface area contributed by atoms with Gasteiger partial charge in [0.25, 0.3) is 0 Å². The number of anilines is 1. The van der Waals surface area contributed by atoms with Gasteiger partial charge in [0.1, 0.15) is 17.4 Å². The molecular weight excluding hydrogens is 332 g/mol. The second-order valence-electron chi connectivity index (χ2n) is 4.82. The Kier molecular flexibility index (Phi) is 5.14. The van der Waals surface area contributed by atoms with Crippen molar-refractivity contribution in [2.75, 3.05) is 5.43 Å². The quantitative estimate of drug-likeness (QED) is 0.632. The van der Waals surface area contributed by atoms with E-state index in [4.69, 9.17) is 10.6 Å². The number of ether oxygens (including phenoxy) is 1. The lowest BCUT2D eigenvalue weighted by molar-refractivity contribution is 0.451. The summed E-state index contributed by atoms with van der Waals surface area (Å²) in [6.45, 7) is 5.96. The summed E-state index contributed by atoms with van der Waals surface area (Å²) in [5, 5.41) is 0. The Morgan fingerprint density at radius 2 is 2.05 bits per heavy atom. The van der Waals surface area contributed by atoms with E-state index in [1.807, 2.05) is 32.0 Å². The molecule has 5 nitrogen and oxygen atoms in total. The van der Waals surface area contributed by atoms with Crippen LogP contribution in [0.1, 0.15) is 30.3 Å². The molecule has 1 aromatic carbocycles. The molecular formula is C15H19BrN4O. The lowest BCUT2D eigenvalue weighted by Crippen LogP contribution is -2.13. The van der Waals surface area contributed by atoms with Gasteiger partial charge in [0.05, 0.1) is 5.56 Å². The third-order valence-electron chi connectivity index (χ3n) is 3.10. The molecule has 0 atom stereocenters. The second kappa shape index (κ2) is 6.87. The van der Waals surface area contributed by atoms with Gasteiger partial charge in [0, 0.05) is 10.9 Å². The topological polar surface area (TPSA) is 73.1 Å². The van der Waals surface area contributed by atoms with Crippen LogP contribution in [0.2, 0.25) is 0 Å². The summed E-state index contributed by atoms with van der Waals surface area (Å²) in [6, 6.07) is 5.85. The molecule has 0 saturated heterocycles. The highest BCUT2D eigenvalue weighted by Crippen LogP contribution is 2.30. The molecule has 3 N–H and O–H groups in total. The van der Waals surface area contributed by atoms with Crippen LogP contribution in [0.5, 0.6) is 11.6 Å². The molecule has 21 heavy (non-hydrogen) atoms. The van der Waals surface area contributed by atoms with Crippen molar-refractivity contribution in [1.82, 2.24) is 9.97 Å². The van der Waals surface area contributed by atoms with Crippen LogP contribution < -0.4 is 16.0 Å². The van der Waals surface area contributed by atoms with Gasteiger partial charge in [-0.05, 0) is 44.0 Å². The summed E-state index contributed by atoms with van der Waals surface area (Å²) in [5.74, 6) is 8.15. The van der Waals surface area contributed by atoms with E-state index in [1.54, 1.807) is 0 Å². The van der Waals surface area contributed by atoms with Crippen molar-refractivity contribution >= 4 is 21.7 Å². The number of benzene rings is 1. The summed E-state index contributed by atoms with van der Waals surface area (Å²) >= 11 is 3.44. The van der Waals surface area contributed by atoms with Crippen LogP contribution in [-0.4, -0.2) is 9.97 Å². The fraction of sp³-hybridized carbons (Fsp3) is 0.333. The fourth-order valence-corrected chi connectivity index (χ4v) is 2.42. The van der Waals surface area contributed by atoms with Crippen LogP contribution in [0.25, 0.3) is 0 Å². The number of rotatable bonds is 5. The van der Waals surface area contributed by atoms with E-state index in [0.717, 1.165) is 40.0 Å². The minimum atomic E-state index is 0.534. The van der Waals surface area contributed by atoms with Gasteiger partial charge in [-0.15, -0.1) is 0 Å². The Labute approximate surface area is 133 Å². The van der Waals surface area contributed by atoms with Gasteiger partial charge in [-0.2, -0.15) is 4.98 Å². The van der Waals surface area contributed by atoms with Crippen LogP contribution in [0.15, 0.2) is 22.7 Å². The number of halogens is 1. The van der Waals surface area contributed by atoms with Gasteiger partial charge in [-0.1, -0.05) is 22.9 Å². The maximum atomic E-state index is 5.96. The second-order valence-corrected chi connectivity index (χ2v) is 5.74. The van der Waals surface area contributed by atoms with Crippen LogP contribution in [0.3, 0.4) is 0 Å². The van der Waals surface area contributed by atoms with E-state index < -0.39 is 0 Å². The molecule has 2 aromatic rings. The molecule has 0 unspecified atom stereocenters. The zero-order valence-electron chi connectivity index (χ0n) is 12.4. The van der Waals surface area contributed by atoms with Crippen LogP contribution in [0.4, 0.5) is 5.82 Å². The summed E-state index contributed by atoms with van der Waals surface area (Å²) in [7, 11) is 0. The van der Waals surface area contributed by atoms with Gasteiger partial charge in [0.15, 0.2) is 0 Å². The number of nitrogen functional groups attached to an aromatic ring is 1. The number of aromatic nitrogens is 2. The molecule has 0 amide bonds. The number of nitrogens with two attached hydrogens (primary N) is 1. The van der Waals surface area contributed by atoms with Crippen LogP contribution in [-0.2, 0) is 6.42 Å². The van der Waals surface area contributed by atoms with Gasteiger partial charge in [-0.3, -0.25) is 0 Å². The largest absolute Gasteiger partial charge is 0.438 e. The molecule has 0 radical (unpaired) electrons. The SMILES string of the molecule is CCCc1nc(NN)c(C)c(Oc2ccc(Br)cc2C)n1. The normalized spacial score (nSPS) is 10.5. The smallest absolute Gasteiger partial charge is 0.227 e. The van der Waals surface area contributed by atoms with Gasteiger partial charge >= 0.3 is 0 Å². The molecule has 1 heterocycles. The number of hydrogen-bond donors (Lipinski definition) is 2. The molecule has 0 aliphatic rings. The summed E-state index contributed by atoms with van der Waals surface area (Å²) in [6.07, 6.45) is 1.74. The molecule has 0 aliphatic heterocycles.